The van der Waals surface area contributed by atoms with Crippen LogP contribution in [0.2, 0.25) is 0 Å². The van der Waals surface area contributed by atoms with Gasteiger partial charge in [-0.1, -0.05) is 26.0 Å². The van der Waals surface area contributed by atoms with Crippen molar-refractivity contribution in [2.45, 2.75) is 46.0 Å². The number of carbonyl (C=O) groups excluding carboxylic acids is 1. The zero-order chi connectivity index (χ0) is 17.9. The number of hydrogen-bond acceptors (Lipinski definition) is 3. The van der Waals surface area contributed by atoms with Crippen molar-refractivity contribution >= 4 is 17.6 Å². The molecule has 0 bridgehead atoms. The van der Waals surface area contributed by atoms with E-state index in [9.17, 15) is 14.7 Å². The maximum absolute atomic E-state index is 12.3. The molecule has 0 aliphatic rings. The molecule has 0 saturated heterocycles. The van der Waals surface area contributed by atoms with Crippen LogP contribution in [0.5, 0.6) is 0 Å². The van der Waals surface area contributed by atoms with Crippen molar-refractivity contribution in [3.05, 3.63) is 53.0 Å². The average Bonchev–Trinajstić information content (AvgIpc) is 2.98. The molecule has 0 aliphatic carbocycles. The Kier molecular flexibility index (Phi) is 5.12. The molecule has 0 radical (unpaired) electrons. The number of aliphatic carboxylic acids is 1. The number of furan rings is 1. The molecule has 0 saturated carbocycles. The highest BCUT2D eigenvalue weighted by Crippen LogP contribution is 2.25. The number of benzene rings is 1. The van der Waals surface area contributed by atoms with Gasteiger partial charge in [-0.05, 0) is 49.6 Å². The maximum Gasteiger partial charge on any atom is 0.313 e. The fraction of sp³-hybridized carbons (Fsp3) is 0.368. The van der Waals surface area contributed by atoms with Crippen molar-refractivity contribution in [3.63, 3.8) is 0 Å². The molecule has 0 fully saturated rings. The van der Waals surface area contributed by atoms with Crippen LogP contribution in [0.4, 0.5) is 5.69 Å². The minimum atomic E-state index is -0.977. The Hall–Kier alpha value is -2.56. The first-order valence-corrected chi connectivity index (χ1v) is 8.06. The SMILES string of the molecule is CCc1cc(C(=O)Nc2ccc(C(C)(C)C(=O)O)cc2)oc1CC. The molecule has 1 aromatic heterocycles. The molecule has 2 N–H and O–H groups in total. The summed E-state index contributed by atoms with van der Waals surface area (Å²) in [5.74, 6) is -0.0800. The molecule has 2 aromatic rings. The summed E-state index contributed by atoms with van der Waals surface area (Å²) in [4.78, 5) is 23.6. The largest absolute Gasteiger partial charge is 0.481 e. The van der Waals surface area contributed by atoms with Crippen molar-refractivity contribution in [1.82, 2.24) is 0 Å². The molecule has 2 rings (SSSR count). The second-order valence-electron chi connectivity index (χ2n) is 6.23. The van der Waals surface area contributed by atoms with E-state index in [0.29, 0.717) is 17.0 Å². The maximum atomic E-state index is 12.3. The van der Waals surface area contributed by atoms with Crippen molar-refractivity contribution in [3.8, 4) is 0 Å². The number of rotatable bonds is 6. The van der Waals surface area contributed by atoms with Gasteiger partial charge in [-0.25, -0.2) is 0 Å². The molecule has 5 heteroatoms. The molecule has 0 spiro atoms. The lowest BCUT2D eigenvalue weighted by atomic mass is 9.85. The second kappa shape index (κ2) is 6.91. The molecule has 0 aliphatic heterocycles. The van der Waals surface area contributed by atoms with Crippen LogP contribution >= 0.6 is 0 Å². The molecule has 1 aromatic carbocycles. The minimum absolute atomic E-state index is 0.290. The van der Waals surface area contributed by atoms with Crippen LogP contribution in [0, 0.1) is 0 Å². The Morgan fingerprint density at radius 3 is 2.21 bits per heavy atom. The summed E-state index contributed by atoms with van der Waals surface area (Å²) in [6, 6.07) is 8.59. The lowest BCUT2D eigenvalue weighted by Crippen LogP contribution is -2.28. The van der Waals surface area contributed by atoms with Crippen molar-refractivity contribution in [1.29, 1.82) is 0 Å². The Morgan fingerprint density at radius 1 is 1.12 bits per heavy atom. The zero-order valence-corrected chi connectivity index (χ0v) is 14.5. The Labute approximate surface area is 141 Å². The van der Waals surface area contributed by atoms with Gasteiger partial charge in [0.2, 0.25) is 0 Å². The van der Waals surface area contributed by atoms with E-state index in [1.807, 2.05) is 13.8 Å². The molecule has 128 valence electrons. The predicted molar refractivity (Wildman–Crippen MR) is 92.5 cm³/mol. The average molecular weight is 329 g/mol. The van der Waals surface area contributed by atoms with Gasteiger partial charge in [-0.3, -0.25) is 9.59 Å². The van der Waals surface area contributed by atoms with Gasteiger partial charge in [0.25, 0.3) is 5.91 Å². The standard InChI is InChI=1S/C19H23NO4/c1-5-12-11-16(24-15(12)6-2)17(21)20-14-9-7-13(8-10-14)19(3,4)18(22)23/h7-11H,5-6H2,1-4H3,(H,20,21)(H,22,23). The van der Waals surface area contributed by atoms with Gasteiger partial charge >= 0.3 is 5.97 Å². The Balaban J connectivity index is 2.15. The third kappa shape index (κ3) is 3.50. The highest BCUT2D eigenvalue weighted by atomic mass is 16.4. The molecule has 5 nitrogen and oxygen atoms in total. The number of carboxylic acids is 1. The predicted octanol–water partition coefficient (Wildman–Crippen LogP) is 4.02. The monoisotopic (exact) mass is 329 g/mol. The summed E-state index contributed by atoms with van der Waals surface area (Å²) in [6.45, 7) is 7.30. The van der Waals surface area contributed by atoms with Crippen molar-refractivity contribution in [2.75, 3.05) is 5.32 Å². The molecule has 0 atom stereocenters. The lowest BCUT2D eigenvalue weighted by molar-refractivity contribution is -0.142. The van der Waals surface area contributed by atoms with Gasteiger partial charge < -0.3 is 14.8 Å². The highest BCUT2D eigenvalue weighted by molar-refractivity contribution is 6.02. The van der Waals surface area contributed by atoms with Crippen LogP contribution in [-0.2, 0) is 23.1 Å². The number of hydrogen-bond donors (Lipinski definition) is 2. The lowest BCUT2D eigenvalue weighted by Gasteiger charge is -2.19. The molecular weight excluding hydrogens is 306 g/mol. The van der Waals surface area contributed by atoms with Gasteiger partial charge in [0, 0.05) is 12.1 Å². The van der Waals surface area contributed by atoms with Crippen LogP contribution in [0.3, 0.4) is 0 Å². The number of anilines is 1. The first-order valence-electron chi connectivity index (χ1n) is 8.06. The van der Waals surface area contributed by atoms with E-state index in [0.717, 1.165) is 24.2 Å². The highest BCUT2D eigenvalue weighted by Gasteiger charge is 2.29. The Morgan fingerprint density at radius 2 is 1.75 bits per heavy atom. The summed E-state index contributed by atoms with van der Waals surface area (Å²) in [6.07, 6.45) is 1.56. The number of carbonyl (C=O) groups is 2. The van der Waals surface area contributed by atoms with E-state index in [1.54, 1.807) is 44.2 Å². The van der Waals surface area contributed by atoms with Gasteiger partial charge in [-0.15, -0.1) is 0 Å². The van der Waals surface area contributed by atoms with Crippen molar-refractivity contribution < 1.29 is 19.1 Å². The smallest absolute Gasteiger partial charge is 0.313 e. The number of carboxylic acid groups (broad SMARTS) is 1. The Bertz CT molecular complexity index is 720. The van der Waals surface area contributed by atoms with E-state index >= 15 is 0 Å². The van der Waals surface area contributed by atoms with E-state index in [-0.39, 0.29) is 5.91 Å². The number of aryl methyl sites for hydroxylation is 2. The summed E-state index contributed by atoms with van der Waals surface area (Å²) in [5, 5.41) is 12.0. The summed E-state index contributed by atoms with van der Waals surface area (Å²) in [7, 11) is 0. The second-order valence-corrected chi connectivity index (χ2v) is 6.23. The molecular formula is C19H23NO4. The van der Waals surface area contributed by atoms with Crippen molar-refractivity contribution in [2.24, 2.45) is 0 Å². The third-order valence-electron chi connectivity index (χ3n) is 4.22. The fourth-order valence-electron chi connectivity index (χ4n) is 2.46. The normalized spacial score (nSPS) is 11.3. The van der Waals surface area contributed by atoms with E-state index < -0.39 is 11.4 Å². The number of amides is 1. The first-order chi connectivity index (χ1) is 11.3. The number of nitrogens with one attached hydrogen (secondary N) is 1. The van der Waals surface area contributed by atoms with Crippen LogP contribution in [0.15, 0.2) is 34.7 Å². The fourth-order valence-corrected chi connectivity index (χ4v) is 2.46. The third-order valence-corrected chi connectivity index (χ3v) is 4.22. The first kappa shape index (κ1) is 17.8. The molecule has 0 unspecified atom stereocenters. The van der Waals surface area contributed by atoms with E-state index in [2.05, 4.69) is 5.32 Å². The topological polar surface area (TPSA) is 79.5 Å². The molecule has 24 heavy (non-hydrogen) atoms. The quantitative estimate of drug-likeness (QED) is 0.839. The van der Waals surface area contributed by atoms with Crippen LogP contribution < -0.4 is 5.32 Å². The van der Waals surface area contributed by atoms with Crippen LogP contribution in [-0.4, -0.2) is 17.0 Å². The van der Waals surface area contributed by atoms with Gasteiger partial charge in [-0.2, -0.15) is 0 Å². The van der Waals surface area contributed by atoms with E-state index in [4.69, 9.17) is 4.42 Å². The van der Waals surface area contributed by atoms with Crippen LogP contribution in [0.1, 0.15) is 55.1 Å². The zero-order valence-electron chi connectivity index (χ0n) is 14.5. The minimum Gasteiger partial charge on any atom is -0.481 e. The summed E-state index contributed by atoms with van der Waals surface area (Å²) in [5.41, 5.74) is 1.33. The van der Waals surface area contributed by atoms with Gasteiger partial charge in [0.15, 0.2) is 5.76 Å². The summed E-state index contributed by atoms with van der Waals surface area (Å²) < 4.78 is 5.61. The molecule has 1 heterocycles. The van der Waals surface area contributed by atoms with E-state index in [1.165, 1.54) is 0 Å². The van der Waals surface area contributed by atoms with Gasteiger partial charge in [0.1, 0.15) is 5.76 Å². The molecule has 1 amide bonds. The summed E-state index contributed by atoms with van der Waals surface area (Å²) >= 11 is 0. The van der Waals surface area contributed by atoms with Gasteiger partial charge in [0.05, 0.1) is 5.41 Å². The van der Waals surface area contributed by atoms with Crippen LogP contribution in [0.25, 0.3) is 0 Å².